The minimum atomic E-state index is -3.31. The third-order valence-corrected chi connectivity index (χ3v) is 5.94. The maximum atomic E-state index is 12.5. The summed E-state index contributed by atoms with van der Waals surface area (Å²) in [5.74, 6) is 0.133. The van der Waals surface area contributed by atoms with Gasteiger partial charge in [0.25, 0.3) is 0 Å². The molecule has 1 saturated heterocycles. The van der Waals surface area contributed by atoms with Crippen molar-refractivity contribution in [2.75, 3.05) is 19.3 Å². The number of amides is 1. The zero-order chi connectivity index (χ0) is 18.7. The van der Waals surface area contributed by atoms with Crippen molar-refractivity contribution in [3.63, 3.8) is 0 Å². The molecule has 3 heterocycles. The Morgan fingerprint density at radius 3 is 2.69 bits per heavy atom. The van der Waals surface area contributed by atoms with E-state index in [0.29, 0.717) is 42.9 Å². The van der Waals surface area contributed by atoms with E-state index in [1.165, 1.54) is 12.6 Å². The second kappa shape index (κ2) is 7.53. The smallest absolute Gasteiger partial charge is 0.224 e. The highest BCUT2D eigenvalue weighted by molar-refractivity contribution is 7.90. The number of hydrogen-bond donors (Lipinski definition) is 0. The van der Waals surface area contributed by atoms with Crippen molar-refractivity contribution in [2.24, 2.45) is 0 Å². The van der Waals surface area contributed by atoms with Crippen LogP contribution in [0.25, 0.3) is 0 Å². The molecule has 3 rings (SSSR count). The fraction of sp³-hybridized carbons (Fsp3) is 0.529. The number of carbonyl (C=O) groups excluding carboxylic acids is 1. The largest absolute Gasteiger partial charge is 0.343 e. The van der Waals surface area contributed by atoms with Gasteiger partial charge in [-0.2, -0.15) is 5.10 Å². The van der Waals surface area contributed by atoms with Crippen LogP contribution >= 0.6 is 0 Å². The molecule has 8 nitrogen and oxygen atoms in total. The van der Waals surface area contributed by atoms with Gasteiger partial charge in [0.05, 0.1) is 16.6 Å². The number of carbonyl (C=O) groups is 1. The molecule has 0 bridgehead atoms. The predicted octanol–water partition coefficient (Wildman–Crippen LogP) is 1.43. The first kappa shape index (κ1) is 18.5. The Hall–Kier alpha value is -2.29. The van der Waals surface area contributed by atoms with Crippen molar-refractivity contribution in [1.29, 1.82) is 0 Å². The normalized spacial score (nSPS) is 17.2. The van der Waals surface area contributed by atoms with E-state index in [0.717, 1.165) is 0 Å². The molecule has 0 N–H and O–H groups in total. The molecule has 9 heteroatoms. The van der Waals surface area contributed by atoms with Crippen molar-refractivity contribution in [2.45, 2.75) is 43.0 Å². The molecule has 0 saturated carbocycles. The number of pyridine rings is 1. The number of sulfone groups is 1. The molecule has 140 valence electrons. The van der Waals surface area contributed by atoms with Crippen LogP contribution in [-0.4, -0.2) is 58.3 Å². The van der Waals surface area contributed by atoms with E-state index in [1.807, 2.05) is 11.8 Å². The van der Waals surface area contributed by atoms with Gasteiger partial charge in [0.15, 0.2) is 9.84 Å². The molecule has 26 heavy (non-hydrogen) atoms. The summed E-state index contributed by atoms with van der Waals surface area (Å²) in [6.45, 7) is 3.15. The molecule has 1 atom stereocenters. The third kappa shape index (κ3) is 4.09. The number of aromatic nitrogens is 4. The summed E-state index contributed by atoms with van der Waals surface area (Å²) in [7, 11) is -3.31. The number of rotatable bonds is 5. The Kier molecular flexibility index (Phi) is 5.36. The van der Waals surface area contributed by atoms with Gasteiger partial charge in [-0.25, -0.2) is 18.1 Å². The van der Waals surface area contributed by atoms with Crippen LogP contribution in [0.15, 0.2) is 35.9 Å². The lowest BCUT2D eigenvalue weighted by Gasteiger charge is -2.33. The molecule has 0 radical (unpaired) electrons. The molecule has 0 aromatic carbocycles. The average molecular weight is 377 g/mol. The fourth-order valence-corrected chi connectivity index (χ4v) is 4.27. The van der Waals surface area contributed by atoms with Crippen LogP contribution in [0.2, 0.25) is 0 Å². The van der Waals surface area contributed by atoms with E-state index in [9.17, 15) is 13.2 Å². The number of nitrogens with zero attached hydrogens (tertiary/aromatic N) is 5. The summed E-state index contributed by atoms with van der Waals surface area (Å²) < 4.78 is 25.6. The highest BCUT2D eigenvalue weighted by atomic mass is 32.2. The highest BCUT2D eigenvalue weighted by Crippen LogP contribution is 2.31. The summed E-state index contributed by atoms with van der Waals surface area (Å²) in [4.78, 5) is 22.9. The van der Waals surface area contributed by atoms with Crippen molar-refractivity contribution in [3.8, 4) is 0 Å². The monoisotopic (exact) mass is 377 g/mol. The van der Waals surface area contributed by atoms with Gasteiger partial charge in [0.1, 0.15) is 12.7 Å². The molecule has 0 spiro atoms. The predicted molar refractivity (Wildman–Crippen MR) is 95.3 cm³/mol. The fourth-order valence-electron chi connectivity index (χ4n) is 3.35. The van der Waals surface area contributed by atoms with E-state index in [1.54, 1.807) is 29.3 Å². The van der Waals surface area contributed by atoms with E-state index in [2.05, 4.69) is 15.1 Å². The zero-order valence-corrected chi connectivity index (χ0v) is 15.8. The number of hydrogen-bond acceptors (Lipinski definition) is 6. The maximum Gasteiger partial charge on any atom is 0.224 e. The molecular formula is C17H23N5O3S. The van der Waals surface area contributed by atoms with Gasteiger partial charge < -0.3 is 4.90 Å². The second-order valence-corrected chi connectivity index (χ2v) is 8.73. The minimum Gasteiger partial charge on any atom is -0.343 e. The quantitative estimate of drug-likeness (QED) is 0.782. The van der Waals surface area contributed by atoms with Crippen molar-refractivity contribution in [3.05, 3.63) is 36.7 Å². The van der Waals surface area contributed by atoms with Crippen molar-refractivity contribution in [1.82, 2.24) is 24.6 Å². The number of likely N-dealkylation sites (tertiary alicyclic amines) is 1. The first-order valence-electron chi connectivity index (χ1n) is 8.63. The minimum absolute atomic E-state index is 0.0460. The maximum absolute atomic E-state index is 12.5. The Morgan fingerprint density at radius 1 is 1.35 bits per heavy atom. The zero-order valence-electron chi connectivity index (χ0n) is 14.9. The summed E-state index contributed by atoms with van der Waals surface area (Å²) >= 11 is 0. The molecule has 1 fully saturated rings. The Morgan fingerprint density at radius 2 is 2.08 bits per heavy atom. The van der Waals surface area contributed by atoms with Gasteiger partial charge in [-0.3, -0.25) is 9.78 Å². The van der Waals surface area contributed by atoms with Gasteiger partial charge in [-0.05, 0) is 31.9 Å². The van der Waals surface area contributed by atoms with Gasteiger partial charge in [-0.1, -0.05) is 0 Å². The molecule has 1 unspecified atom stereocenters. The first-order valence-corrected chi connectivity index (χ1v) is 10.5. The van der Waals surface area contributed by atoms with Crippen LogP contribution in [0.3, 0.4) is 0 Å². The molecular weight excluding hydrogens is 354 g/mol. The highest BCUT2D eigenvalue weighted by Gasteiger charge is 2.28. The molecule has 2 aromatic heterocycles. The van der Waals surface area contributed by atoms with E-state index < -0.39 is 9.84 Å². The van der Waals surface area contributed by atoms with E-state index in [4.69, 9.17) is 0 Å². The average Bonchev–Trinajstić information content (AvgIpc) is 3.16. The van der Waals surface area contributed by atoms with Crippen LogP contribution in [0.1, 0.15) is 43.8 Å². The molecule has 1 aliphatic heterocycles. The molecule has 2 aromatic rings. The molecule has 1 amide bonds. The van der Waals surface area contributed by atoms with Crippen LogP contribution in [0.5, 0.6) is 0 Å². The van der Waals surface area contributed by atoms with E-state index >= 15 is 0 Å². The lowest BCUT2D eigenvalue weighted by atomic mass is 9.92. The summed E-state index contributed by atoms with van der Waals surface area (Å²) in [6.07, 6.45) is 7.69. The van der Waals surface area contributed by atoms with Crippen molar-refractivity contribution >= 4 is 15.7 Å². The van der Waals surface area contributed by atoms with E-state index in [-0.39, 0.29) is 17.9 Å². The Balaban J connectivity index is 1.62. The SMILES string of the molecule is CC(CC(=O)N1CCC(c2ncccc2S(C)(=O)=O)CC1)n1cncn1. The lowest BCUT2D eigenvalue weighted by molar-refractivity contribution is -0.133. The van der Waals surface area contributed by atoms with Crippen LogP contribution in [0, 0.1) is 0 Å². The summed E-state index contributed by atoms with van der Waals surface area (Å²) in [5, 5.41) is 4.07. The van der Waals surface area contributed by atoms with Gasteiger partial charge in [-0.15, -0.1) is 0 Å². The topological polar surface area (TPSA) is 98.1 Å². The Labute approximate surface area is 153 Å². The van der Waals surface area contributed by atoms with Crippen LogP contribution in [-0.2, 0) is 14.6 Å². The molecule has 1 aliphatic rings. The third-order valence-electron chi connectivity index (χ3n) is 4.79. The number of piperidine rings is 1. The first-order chi connectivity index (χ1) is 12.4. The summed E-state index contributed by atoms with van der Waals surface area (Å²) in [6, 6.07) is 3.20. The van der Waals surface area contributed by atoms with Gasteiger partial charge in [0.2, 0.25) is 5.91 Å². The van der Waals surface area contributed by atoms with Gasteiger partial charge >= 0.3 is 0 Å². The second-order valence-electron chi connectivity index (χ2n) is 6.74. The van der Waals surface area contributed by atoms with Crippen LogP contribution in [0.4, 0.5) is 0 Å². The van der Waals surface area contributed by atoms with Crippen molar-refractivity contribution < 1.29 is 13.2 Å². The van der Waals surface area contributed by atoms with Gasteiger partial charge in [0, 0.05) is 37.9 Å². The lowest BCUT2D eigenvalue weighted by Crippen LogP contribution is -2.39. The van der Waals surface area contributed by atoms with Crippen LogP contribution < -0.4 is 0 Å². The molecule has 0 aliphatic carbocycles. The standard InChI is InChI=1S/C17H23N5O3S/c1-13(22-12-18-11-20-22)10-16(23)21-8-5-14(6-9-21)17-15(26(2,24)25)4-3-7-19-17/h3-4,7,11-14H,5-6,8-10H2,1-2H3. The summed E-state index contributed by atoms with van der Waals surface area (Å²) in [5.41, 5.74) is 0.623. The Bertz CT molecular complexity index is 858.